The van der Waals surface area contributed by atoms with Crippen molar-refractivity contribution in [3.05, 3.63) is 71.8 Å². The minimum atomic E-state index is -0.423. The van der Waals surface area contributed by atoms with Crippen molar-refractivity contribution in [2.75, 3.05) is 7.05 Å². The minimum absolute atomic E-state index is 0.307. The average molecular weight is 297 g/mol. The van der Waals surface area contributed by atoms with E-state index >= 15 is 0 Å². The average Bonchev–Trinajstić information content (AvgIpc) is 2.60. The van der Waals surface area contributed by atoms with Gasteiger partial charge in [0.25, 0.3) is 0 Å². The number of aliphatic hydroxyl groups excluding tert-OH is 1. The maximum atomic E-state index is 11.0. The molecular formula is C20H27NO. The number of benzene rings is 2. The molecule has 2 rings (SSSR count). The van der Waals surface area contributed by atoms with Crippen LogP contribution >= 0.6 is 0 Å². The summed E-state index contributed by atoms with van der Waals surface area (Å²) < 4.78 is 0. The van der Waals surface area contributed by atoms with E-state index in [1.54, 1.807) is 0 Å². The van der Waals surface area contributed by atoms with Crippen LogP contribution in [0.3, 0.4) is 0 Å². The molecule has 2 aromatic rings. The van der Waals surface area contributed by atoms with Gasteiger partial charge >= 0.3 is 0 Å². The molecule has 0 amide bonds. The standard InChI is InChI=1S/C20H27NO/c1-4-19(22)20(15-16(2)21-3,17-11-7-5-8-12-17)18-13-9-6-10-14-18/h5-14,16,19,21-22H,4,15H2,1-3H3/t16-,19-/m0/s1. The Balaban J connectivity index is 2.63. The lowest BCUT2D eigenvalue weighted by atomic mass is 9.66. The molecule has 2 heteroatoms. The van der Waals surface area contributed by atoms with Crippen molar-refractivity contribution in [1.82, 2.24) is 5.32 Å². The highest BCUT2D eigenvalue weighted by molar-refractivity contribution is 5.41. The van der Waals surface area contributed by atoms with Gasteiger partial charge in [0.1, 0.15) is 0 Å². The van der Waals surface area contributed by atoms with Crippen molar-refractivity contribution < 1.29 is 5.11 Å². The largest absolute Gasteiger partial charge is 0.392 e. The summed E-state index contributed by atoms with van der Waals surface area (Å²) in [6, 6.07) is 21.1. The molecule has 22 heavy (non-hydrogen) atoms. The van der Waals surface area contributed by atoms with E-state index in [0.717, 1.165) is 12.8 Å². The molecule has 0 spiro atoms. The second-order valence-electron chi connectivity index (χ2n) is 6.02. The lowest BCUT2D eigenvalue weighted by Crippen LogP contribution is -2.45. The smallest absolute Gasteiger partial charge is 0.0675 e. The van der Waals surface area contributed by atoms with Crippen LogP contribution in [0.25, 0.3) is 0 Å². The third-order valence-corrected chi connectivity index (χ3v) is 4.65. The highest BCUT2D eigenvalue weighted by atomic mass is 16.3. The molecule has 0 aliphatic heterocycles. The molecule has 0 unspecified atom stereocenters. The summed E-state index contributed by atoms with van der Waals surface area (Å²) in [7, 11) is 1.98. The van der Waals surface area contributed by atoms with Crippen LogP contribution in [0.4, 0.5) is 0 Å². The maximum absolute atomic E-state index is 11.0. The SMILES string of the molecule is CC[C@H](O)C(C[C@H](C)NC)(c1ccccc1)c1ccccc1. The van der Waals surface area contributed by atoms with Crippen molar-refractivity contribution in [3.63, 3.8) is 0 Å². The zero-order valence-electron chi connectivity index (χ0n) is 13.8. The Hall–Kier alpha value is -1.64. The summed E-state index contributed by atoms with van der Waals surface area (Å²) in [6.45, 7) is 4.22. The van der Waals surface area contributed by atoms with Gasteiger partial charge in [-0.15, -0.1) is 0 Å². The minimum Gasteiger partial charge on any atom is -0.392 e. The molecule has 0 saturated carbocycles. The third-order valence-electron chi connectivity index (χ3n) is 4.65. The quantitative estimate of drug-likeness (QED) is 0.816. The van der Waals surface area contributed by atoms with Crippen LogP contribution in [0.15, 0.2) is 60.7 Å². The van der Waals surface area contributed by atoms with Crippen molar-refractivity contribution in [3.8, 4) is 0 Å². The van der Waals surface area contributed by atoms with Crippen LogP contribution < -0.4 is 5.32 Å². The molecule has 0 radical (unpaired) electrons. The van der Waals surface area contributed by atoms with E-state index in [2.05, 4.69) is 67.7 Å². The van der Waals surface area contributed by atoms with Gasteiger partial charge in [-0.2, -0.15) is 0 Å². The molecule has 2 nitrogen and oxygen atoms in total. The van der Waals surface area contributed by atoms with Crippen molar-refractivity contribution in [2.24, 2.45) is 0 Å². The van der Waals surface area contributed by atoms with Crippen LogP contribution in [0.2, 0.25) is 0 Å². The predicted octanol–water partition coefficient (Wildman–Crippen LogP) is 3.74. The Morgan fingerprint density at radius 3 is 1.77 bits per heavy atom. The first kappa shape index (κ1) is 16.7. The lowest BCUT2D eigenvalue weighted by Gasteiger charge is -2.41. The Labute approximate surface area is 134 Å². The summed E-state index contributed by atoms with van der Waals surface area (Å²) in [5.41, 5.74) is 1.97. The van der Waals surface area contributed by atoms with Crippen LogP contribution in [0.1, 0.15) is 37.8 Å². The normalized spacial score (nSPS) is 14.5. The number of rotatable bonds is 7. The van der Waals surface area contributed by atoms with Crippen molar-refractivity contribution >= 4 is 0 Å². The zero-order chi connectivity index (χ0) is 16.0. The monoisotopic (exact) mass is 297 g/mol. The van der Waals surface area contributed by atoms with Crippen LogP contribution in [0.5, 0.6) is 0 Å². The van der Waals surface area contributed by atoms with Crippen LogP contribution in [-0.4, -0.2) is 24.3 Å². The molecule has 2 N–H and O–H groups in total. The molecule has 0 saturated heterocycles. The lowest BCUT2D eigenvalue weighted by molar-refractivity contribution is 0.0872. The fraction of sp³-hybridized carbons (Fsp3) is 0.400. The van der Waals surface area contributed by atoms with E-state index in [4.69, 9.17) is 0 Å². The topological polar surface area (TPSA) is 32.3 Å². The molecule has 2 atom stereocenters. The van der Waals surface area contributed by atoms with Crippen molar-refractivity contribution in [1.29, 1.82) is 0 Å². The third kappa shape index (κ3) is 3.23. The fourth-order valence-electron chi connectivity index (χ4n) is 3.33. The number of hydrogen-bond donors (Lipinski definition) is 2. The van der Waals surface area contributed by atoms with Crippen molar-refractivity contribution in [2.45, 2.75) is 44.2 Å². The second kappa shape index (κ2) is 7.57. The first-order chi connectivity index (χ1) is 10.6. The molecule has 0 aromatic heterocycles. The van der Waals surface area contributed by atoms with E-state index in [9.17, 15) is 5.11 Å². The molecule has 118 valence electrons. The van der Waals surface area contributed by atoms with E-state index in [1.807, 2.05) is 19.2 Å². The molecule has 0 bridgehead atoms. The summed E-state index contributed by atoms with van der Waals surface area (Å²) in [5.74, 6) is 0. The van der Waals surface area contributed by atoms with Gasteiger partial charge in [-0.3, -0.25) is 0 Å². The van der Waals surface area contributed by atoms with Gasteiger partial charge in [0, 0.05) is 11.5 Å². The molecule has 0 aliphatic rings. The van der Waals surface area contributed by atoms with Gasteiger partial charge in [0.05, 0.1) is 6.10 Å². The van der Waals surface area contributed by atoms with Gasteiger partial charge in [0.2, 0.25) is 0 Å². The van der Waals surface area contributed by atoms with Gasteiger partial charge in [-0.25, -0.2) is 0 Å². The number of hydrogen-bond acceptors (Lipinski definition) is 2. The zero-order valence-corrected chi connectivity index (χ0v) is 13.8. The molecule has 0 fully saturated rings. The predicted molar refractivity (Wildman–Crippen MR) is 93.1 cm³/mol. The van der Waals surface area contributed by atoms with E-state index in [0.29, 0.717) is 6.04 Å². The number of nitrogens with one attached hydrogen (secondary N) is 1. The number of aliphatic hydroxyl groups is 1. The highest BCUT2D eigenvalue weighted by Gasteiger charge is 2.41. The second-order valence-corrected chi connectivity index (χ2v) is 6.02. The van der Waals surface area contributed by atoms with Gasteiger partial charge < -0.3 is 10.4 Å². The molecule has 2 aromatic carbocycles. The fourth-order valence-corrected chi connectivity index (χ4v) is 3.33. The summed E-state index contributed by atoms with van der Waals surface area (Å²) >= 11 is 0. The van der Waals surface area contributed by atoms with Crippen LogP contribution in [0, 0.1) is 0 Å². The Morgan fingerprint density at radius 1 is 0.955 bits per heavy atom. The highest BCUT2D eigenvalue weighted by Crippen LogP contribution is 2.41. The van der Waals surface area contributed by atoms with Gasteiger partial charge in [-0.05, 0) is 37.9 Å². The summed E-state index contributed by atoms with van der Waals surface area (Å²) in [4.78, 5) is 0. The van der Waals surface area contributed by atoms with E-state index < -0.39 is 6.10 Å². The molecule has 0 heterocycles. The first-order valence-corrected chi connectivity index (χ1v) is 8.11. The van der Waals surface area contributed by atoms with Gasteiger partial charge in [-0.1, -0.05) is 67.6 Å². The van der Waals surface area contributed by atoms with Crippen LogP contribution in [-0.2, 0) is 5.41 Å². The summed E-state index contributed by atoms with van der Waals surface area (Å²) in [5, 5.41) is 14.3. The van der Waals surface area contributed by atoms with E-state index in [1.165, 1.54) is 11.1 Å². The Morgan fingerprint density at radius 2 is 1.41 bits per heavy atom. The van der Waals surface area contributed by atoms with E-state index in [-0.39, 0.29) is 5.41 Å². The first-order valence-electron chi connectivity index (χ1n) is 8.11. The molecular weight excluding hydrogens is 270 g/mol. The van der Waals surface area contributed by atoms with Gasteiger partial charge in [0.15, 0.2) is 0 Å². The Bertz CT molecular complexity index is 513. The summed E-state index contributed by atoms with van der Waals surface area (Å²) in [6.07, 6.45) is 1.15. The molecule has 0 aliphatic carbocycles. The maximum Gasteiger partial charge on any atom is 0.0675 e. The Kier molecular flexibility index (Phi) is 5.76.